The fourth-order valence-electron chi connectivity index (χ4n) is 4.25. The van der Waals surface area contributed by atoms with E-state index in [9.17, 15) is 0 Å². The SMILES string of the molecule is C=C(c1ccc(Cn2ccnc2)cc1)c1cc2c(cc1C)C(C)(C)C=CC2(C)C. The van der Waals surface area contributed by atoms with E-state index in [-0.39, 0.29) is 10.8 Å². The molecule has 0 fully saturated rings. The van der Waals surface area contributed by atoms with Crippen molar-refractivity contribution < 1.29 is 0 Å². The molecule has 0 saturated heterocycles. The van der Waals surface area contributed by atoms with Crippen molar-refractivity contribution in [3.8, 4) is 0 Å². The van der Waals surface area contributed by atoms with Crippen LogP contribution in [0.4, 0.5) is 0 Å². The zero-order chi connectivity index (χ0) is 20.8. The first-order valence-corrected chi connectivity index (χ1v) is 10.3. The highest BCUT2D eigenvalue weighted by Gasteiger charge is 2.33. The number of imidazole rings is 1. The van der Waals surface area contributed by atoms with Crippen LogP contribution in [0.15, 0.2) is 73.9 Å². The number of aryl methyl sites for hydroxylation is 1. The average molecular weight is 383 g/mol. The van der Waals surface area contributed by atoms with Gasteiger partial charge in [-0.15, -0.1) is 0 Å². The zero-order valence-electron chi connectivity index (χ0n) is 18.2. The lowest BCUT2D eigenvalue weighted by atomic mass is 9.67. The topological polar surface area (TPSA) is 17.8 Å². The summed E-state index contributed by atoms with van der Waals surface area (Å²) in [5, 5.41) is 0. The molecule has 0 unspecified atom stereocenters. The Kier molecular flexibility index (Phi) is 4.61. The van der Waals surface area contributed by atoms with Crippen LogP contribution < -0.4 is 0 Å². The van der Waals surface area contributed by atoms with Gasteiger partial charge in [0.15, 0.2) is 0 Å². The number of benzene rings is 2. The van der Waals surface area contributed by atoms with Gasteiger partial charge >= 0.3 is 0 Å². The number of hydrogen-bond donors (Lipinski definition) is 0. The molecule has 1 heterocycles. The Balaban J connectivity index is 1.68. The molecule has 1 aromatic heterocycles. The van der Waals surface area contributed by atoms with E-state index in [0.717, 1.165) is 12.1 Å². The first kappa shape index (κ1) is 19.4. The molecule has 0 N–H and O–H groups in total. The van der Waals surface area contributed by atoms with Gasteiger partial charge in [-0.3, -0.25) is 0 Å². The zero-order valence-corrected chi connectivity index (χ0v) is 18.2. The van der Waals surface area contributed by atoms with Crippen LogP contribution in [0.5, 0.6) is 0 Å². The normalized spacial score (nSPS) is 16.4. The van der Waals surface area contributed by atoms with Crippen LogP contribution in [0.1, 0.15) is 61.1 Å². The molecule has 0 amide bonds. The van der Waals surface area contributed by atoms with E-state index in [1.54, 1.807) is 0 Å². The Morgan fingerprint density at radius 3 is 2.17 bits per heavy atom. The van der Waals surface area contributed by atoms with Gasteiger partial charge in [-0.25, -0.2) is 4.98 Å². The van der Waals surface area contributed by atoms with Gasteiger partial charge in [-0.05, 0) is 51.9 Å². The smallest absolute Gasteiger partial charge is 0.0949 e. The molecule has 0 spiro atoms. The number of rotatable bonds is 4. The second-order valence-corrected chi connectivity index (χ2v) is 9.40. The van der Waals surface area contributed by atoms with Crippen LogP contribution in [0.25, 0.3) is 5.57 Å². The Morgan fingerprint density at radius 2 is 1.59 bits per heavy atom. The molecular weight excluding hydrogens is 352 g/mol. The lowest BCUT2D eigenvalue weighted by Crippen LogP contribution is -2.29. The molecule has 3 aromatic rings. The highest BCUT2D eigenvalue weighted by Crippen LogP contribution is 2.43. The standard InChI is InChI=1S/C27H30N2/c1-19-15-24-25(27(5,6)12-11-26(24,3)4)16-23(19)20(2)22-9-7-21(8-10-22)17-29-14-13-28-18-29/h7-16,18H,2,17H2,1,3-6H3. The van der Waals surface area contributed by atoms with Crippen LogP contribution in [0.3, 0.4) is 0 Å². The quantitative estimate of drug-likeness (QED) is 0.476. The van der Waals surface area contributed by atoms with Gasteiger partial charge in [-0.1, -0.05) is 76.8 Å². The minimum atomic E-state index is 0.0300. The number of hydrogen-bond acceptors (Lipinski definition) is 1. The third kappa shape index (κ3) is 3.60. The second-order valence-electron chi connectivity index (χ2n) is 9.40. The molecular formula is C27H30N2. The second kappa shape index (κ2) is 6.88. The van der Waals surface area contributed by atoms with Crippen LogP contribution in [0, 0.1) is 6.92 Å². The molecule has 4 rings (SSSR count). The molecule has 0 radical (unpaired) electrons. The van der Waals surface area contributed by atoms with E-state index >= 15 is 0 Å². The highest BCUT2D eigenvalue weighted by atomic mass is 15.0. The van der Waals surface area contributed by atoms with Crippen molar-refractivity contribution in [3.05, 3.63) is 107 Å². The predicted octanol–water partition coefficient (Wildman–Crippen LogP) is 6.43. The van der Waals surface area contributed by atoms with Crippen LogP contribution in [0.2, 0.25) is 0 Å². The summed E-state index contributed by atoms with van der Waals surface area (Å²) in [5.74, 6) is 0. The fraction of sp³-hybridized carbons (Fsp3) is 0.296. The third-order valence-electron chi connectivity index (χ3n) is 6.22. The fourth-order valence-corrected chi connectivity index (χ4v) is 4.25. The summed E-state index contributed by atoms with van der Waals surface area (Å²) < 4.78 is 2.08. The summed E-state index contributed by atoms with van der Waals surface area (Å²) in [6, 6.07) is 13.5. The van der Waals surface area contributed by atoms with E-state index in [0.29, 0.717) is 0 Å². The summed E-state index contributed by atoms with van der Waals surface area (Å²) in [7, 11) is 0. The van der Waals surface area contributed by atoms with Gasteiger partial charge in [0.1, 0.15) is 0 Å². The van der Waals surface area contributed by atoms with E-state index in [4.69, 9.17) is 0 Å². The summed E-state index contributed by atoms with van der Waals surface area (Å²) >= 11 is 0. The Morgan fingerprint density at radius 1 is 0.966 bits per heavy atom. The minimum absolute atomic E-state index is 0.0300. The lowest BCUT2D eigenvalue weighted by molar-refractivity contribution is 0.562. The molecule has 0 aliphatic heterocycles. The Bertz CT molecular complexity index is 1080. The summed E-state index contributed by atoms with van der Waals surface area (Å²) in [5.41, 5.74) is 8.97. The van der Waals surface area contributed by atoms with Crippen LogP contribution in [-0.2, 0) is 17.4 Å². The van der Waals surface area contributed by atoms with Gasteiger partial charge in [0.2, 0.25) is 0 Å². The maximum Gasteiger partial charge on any atom is 0.0949 e. The van der Waals surface area contributed by atoms with E-state index in [1.165, 1.54) is 33.4 Å². The molecule has 1 aliphatic carbocycles. The summed E-state index contributed by atoms with van der Waals surface area (Å²) in [6.07, 6.45) is 10.3. The molecule has 2 nitrogen and oxygen atoms in total. The van der Waals surface area contributed by atoms with Crippen molar-refractivity contribution in [3.63, 3.8) is 0 Å². The Labute approximate surface area is 174 Å². The van der Waals surface area contributed by atoms with Crippen LogP contribution >= 0.6 is 0 Å². The van der Waals surface area contributed by atoms with Gasteiger partial charge < -0.3 is 4.57 Å². The maximum atomic E-state index is 4.46. The molecule has 2 heteroatoms. The van der Waals surface area contributed by atoms with Gasteiger partial charge in [0.05, 0.1) is 6.33 Å². The van der Waals surface area contributed by atoms with Crippen molar-refractivity contribution in [1.29, 1.82) is 0 Å². The molecule has 29 heavy (non-hydrogen) atoms. The van der Waals surface area contributed by atoms with Crippen molar-refractivity contribution >= 4 is 5.57 Å². The molecule has 0 bridgehead atoms. The molecule has 0 atom stereocenters. The minimum Gasteiger partial charge on any atom is -0.333 e. The predicted molar refractivity (Wildman–Crippen MR) is 122 cm³/mol. The van der Waals surface area contributed by atoms with E-state index in [1.807, 2.05) is 18.7 Å². The van der Waals surface area contributed by atoms with E-state index in [2.05, 4.69) is 99.3 Å². The highest BCUT2D eigenvalue weighted by molar-refractivity contribution is 5.81. The van der Waals surface area contributed by atoms with Crippen molar-refractivity contribution in [2.45, 2.75) is 52.0 Å². The maximum absolute atomic E-state index is 4.46. The number of allylic oxidation sites excluding steroid dienone is 2. The number of nitrogens with zero attached hydrogens (tertiary/aromatic N) is 2. The first-order chi connectivity index (χ1) is 13.7. The summed E-state index contributed by atoms with van der Waals surface area (Å²) in [4.78, 5) is 4.11. The number of fused-ring (bicyclic) bond motifs is 1. The first-order valence-electron chi connectivity index (χ1n) is 10.3. The average Bonchev–Trinajstić information content (AvgIpc) is 3.18. The molecule has 148 valence electrons. The molecule has 1 aliphatic rings. The monoisotopic (exact) mass is 382 g/mol. The number of aromatic nitrogens is 2. The van der Waals surface area contributed by atoms with Crippen molar-refractivity contribution in [1.82, 2.24) is 9.55 Å². The summed E-state index contributed by atoms with van der Waals surface area (Å²) in [6.45, 7) is 16.7. The van der Waals surface area contributed by atoms with Gasteiger partial charge in [0, 0.05) is 29.8 Å². The van der Waals surface area contributed by atoms with Crippen molar-refractivity contribution in [2.75, 3.05) is 0 Å². The largest absolute Gasteiger partial charge is 0.333 e. The molecule has 0 saturated carbocycles. The van der Waals surface area contributed by atoms with Crippen molar-refractivity contribution in [2.24, 2.45) is 0 Å². The lowest BCUT2D eigenvalue weighted by Gasteiger charge is -2.37. The Hall–Kier alpha value is -2.87. The van der Waals surface area contributed by atoms with E-state index < -0.39 is 0 Å². The van der Waals surface area contributed by atoms with Crippen LogP contribution in [-0.4, -0.2) is 9.55 Å². The van der Waals surface area contributed by atoms with Gasteiger partial charge in [0.25, 0.3) is 0 Å². The third-order valence-corrected chi connectivity index (χ3v) is 6.22. The van der Waals surface area contributed by atoms with Gasteiger partial charge in [-0.2, -0.15) is 0 Å². The molecule has 2 aromatic carbocycles.